The van der Waals surface area contributed by atoms with Gasteiger partial charge in [0.05, 0.1) is 12.2 Å². The van der Waals surface area contributed by atoms with E-state index in [1.54, 1.807) is 14.0 Å². The number of nitrogens with two attached hydrogens (primary N) is 1. The van der Waals surface area contributed by atoms with Gasteiger partial charge in [-0.05, 0) is 40.3 Å². The first-order valence-electron chi connectivity index (χ1n) is 5.54. The monoisotopic (exact) mass is 218 g/mol. The Hall–Kier alpha value is -0.160. The number of nitrogens with zero attached hydrogens (tertiary/aromatic N) is 1. The fourth-order valence-electron chi connectivity index (χ4n) is 1.40. The van der Waals surface area contributed by atoms with E-state index in [-0.39, 0.29) is 0 Å². The molecule has 0 aromatic carbocycles. The molecule has 15 heavy (non-hydrogen) atoms. The van der Waals surface area contributed by atoms with Crippen LogP contribution in [0.3, 0.4) is 0 Å². The summed E-state index contributed by atoms with van der Waals surface area (Å²) in [6, 6.07) is 0.415. The molecule has 4 nitrogen and oxygen atoms in total. The fraction of sp³-hybridized carbons (Fsp3) is 1.00. The predicted octanol–water partition coefficient (Wildman–Crippen LogP) is 0.443. The molecule has 0 fully saturated rings. The van der Waals surface area contributed by atoms with E-state index < -0.39 is 5.60 Å². The van der Waals surface area contributed by atoms with Crippen molar-refractivity contribution in [2.24, 2.45) is 5.73 Å². The van der Waals surface area contributed by atoms with Gasteiger partial charge in [-0.2, -0.15) is 0 Å². The van der Waals surface area contributed by atoms with Crippen molar-refractivity contribution in [1.82, 2.24) is 4.90 Å². The molecule has 0 bridgehead atoms. The zero-order valence-electron chi connectivity index (χ0n) is 10.5. The first-order chi connectivity index (χ1) is 6.93. The molecule has 0 aliphatic carbocycles. The van der Waals surface area contributed by atoms with Crippen LogP contribution in [-0.4, -0.2) is 55.5 Å². The van der Waals surface area contributed by atoms with Gasteiger partial charge >= 0.3 is 0 Å². The number of rotatable bonds is 8. The molecular formula is C11H26N2O2. The SMILES string of the molecule is COCC(C)N(C)CCCC(C)(O)CN. The Morgan fingerprint density at radius 1 is 1.53 bits per heavy atom. The third-order valence-corrected chi connectivity index (χ3v) is 2.83. The van der Waals surface area contributed by atoms with Gasteiger partial charge in [-0.1, -0.05) is 0 Å². The molecule has 0 radical (unpaired) electrons. The van der Waals surface area contributed by atoms with Gasteiger partial charge in [-0.3, -0.25) is 0 Å². The van der Waals surface area contributed by atoms with Gasteiger partial charge in [-0.25, -0.2) is 0 Å². The summed E-state index contributed by atoms with van der Waals surface area (Å²) in [6.07, 6.45) is 1.70. The van der Waals surface area contributed by atoms with Gasteiger partial charge in [0.15, 0.2) is 0 Å². The second kappa shape index (κ2) is 7.17. The number of likely N-dealkylation sites (N-methyl/N-ethyl adjacent to an activating group) is 1. The molecule has 0 saturated carbocycles. The molecule has 0 amide bonds. The van der Waals surface area contributed by atoms with Crippen LogP contribution >= 0.6 is 0 Å². The maximum Gasteiger partial charge on any atom is 0.0741 e. The summed E-state index contributed by atoms with van der Waals surface area (Å²) >= 11 is 0. The highest BCUT2D eigenvalue weighted by molar-refractivity contribution is 4.74. The van der Waals surface area contributed by atoms with Crippen molar-refractivity contribution in [3.8, 4) is 0 Å². The van der Waals surface area contributed by atoms with Crippen LogP contribution in [0.25, 0.3) is 0 Å². The molecule has 0 heterocycles. The van der Waals surface area contributed by atoms with E-state index in [4.69, 9.17) is 10.5 Å². The van der Waals surface area contributed by atoms with Crippen molar-refractivity contribution < 1.29 is 9.84 Å². The van der Waals surface area contributed by atoms with Crippen LogP contribution in [0.2, 0.25) is 0 Å². The molecule has 2 atom stereocenters. The highest BCUT2D eigenvalue weighted by Crippen LogP contribution is 2.10. The standard InChI is InChI=1S/C11H26N2O2/c1-10(8-15-4)13(3)7-5-6-11(2,14)9-12/h10,14H,5-9,12H2,1-4H3. The Labute approximate surface area is 93.4 Å². The quantitative estimate of drug-likeness (QED) is 0.621. The van der Waals surface area contributed by atoms with Crippen molar-refractivity contribution in [3.63, 3.8) is 0 Å². The van der Waals surface area contributed by atoms with Gasteiger partial charge in [0.1, 0.15) is 0 Å². The molecule has 2 unspecified atom stereocenters. The summed E-state index contributed by atoms with van der Waals surface area (Å²) in [5.41, 5.74) is 4.73. The van der Waals surface area contributed by atoms with E-state index in [1.807, 2.05) is 0 Å². The van der Waals surface area contributed by atoms with Gasteiger partial charge < -0.3 is 20.5 Å². The zero-order valence-corrected chi connectivity index (χ0v) is 10.5. The normalized spacial score (nSPS) is 17.8. The lowest BCUT2D eigenvalue weighted by atomic mass is 10.0. The van der Waals surface area contributed by atoms with Crippen molar-refractivity contribution in [2.45, 2.75) is 38.3 Å². The Balaban J connectivity index is 3.67. The fourth-order valence-corrected chi connectivity index (χ4v) is 1.40. The van der Waals surface area contributed by atoms with Crippen molar-refractivity contribution in [1.29, 1.82) is 0 Å². The zero-order chi connectivity index (χ0) is 11.9. The minimum atomic E-state index is -0.717. The summed E-state index contributed by atoms with van der Waals surface area (Å²) in [7, 11) is 3.78. The molecule has 0 aromatic heterocycles. The number of aliphatic hydroxyl groups is 1. The summed E-state index contributed by atoms with van der Waals surface area (Å²) in [5.74, 6) is 0. The second-order valence-electron chi connectivity index (χ2n) is 4.59. The minimum Gasteiger partial charge on any atom is -0.389 e. The molecule has 92 valence electrons. The van der Waals surface area contributed by atoms with E-state index in [9.17, 15) is 5.11 Å². The number of hydrogen-bond acceptors (Lipinski definition) is 4. The van der Waals surface area contributed by atoms with Gasteiger partial charge in [0, 0.05) is 19.7 Å². The van der Waals surface area contributed by atoms with E-state index in [2.05, 4.69) is 18.9 Å². The van der Waals surface area contributed by atoms with Crippen LogP contribution in [0, 0.1) is 0 Å². The number of methoxy groups -OCH3 is 1. The minimum absolute atomic E-state index is 0.324. The maximum absolute atomic E-state index is 9.71. The molecule has 0 aromatic rings. The highest BCUT2D eigenvalue weighted by Gasteiger charge is 2.18. The molecule has 0 aliphatic heterocycles. The van der Waals surface area contributed by atoms with Crippen molar-refractivity contribution in [3.05, 3.63) is 0 Å². The molecule has 4 heteroatoms. The molecule has 0 rings (SSSR count). The van der Waals surface area contributed by atoms with Gasteiger partial charge in [0.2, 0.25) is 0 Å². The maximum atomic E-state index is 9.71. The molecular weight excluding hydrogens is 192 g/mol. The topological polar surface area (TPSA) is 58.7 Å². The van der Waals surface area contributed by atoms with Crippen LogP contribution in [0.1, 0.15) is 26.7 Å². The molecule has 0 spiro atoms. The summed E-state index contributed by atoms with van der Waals surface area (Å²) in [5, 5.41) is 9.71. The summed E-state index contributed by atoms with van der Waals surface area (Å²) < 4.78 is 5.08. The first-order valence-corrected chi connectivity index (χ1v) is 5.54. The lowest BCUT2D eigenvalue weighted by Gasteiger charge is -2.26. The van der Waals surface area contributed by atoms with Crippen molar-refractivity contribution in [2.75, 3.05) is 33.9 Å². The number of hydrogen-bond donors (Lipinski definition) is 2. The van der Waals surface area contributed by atoms with Crippen LogP contribution < -0.4 is 5.73 Å². The van der Waals surface area contributed by atoms with Gasteiger partial charge in [-0.15, -0.1) is 0 Å². The van der Waals surface area contributed by atoms with Crippen LogP contribution in [-0.2, 0) is 4.74 Å². The van der Waals surface area contributed by atoms with E-state index >= 15 is 0 Å². The molecule has 3 N–H and O–H groups in total. The average Bonchev–Trinajstić information content (AvgIpc) is 2.18. The lowest BCUT2D eigenvalue weighted by Crippen LogP contribution is -2.37. The van der Waals surface area contributed by atoms with Crippen LogP contribution in [0.5, 0.6) is 0 Å². The smallest absolute Gasteiger partial charge is 0.0741 e. The third kappa shape index (κ3) is 6.84. The Kier molecular flexibility index (Phi) is 7.09. The largest absolute Gasteiger partial charge is 0.389 e. The van der Waals surface area contributed by atoms with E-state index in [0.29, 0.717) is 12.6 Å². The van der Waals surface area contributed by atoms with Crippen LogP contribution in [0.15, 0.2) is 0 Å². The Bertz CT molecular complexity index is 163. The summed E-state index contributed by atoms with van der Waals surface area (Å²) in [6.45, 7) is 5.94. The van der Waals surface area contributed by atoms with E-state index in [0.717, 1.165) is 26.0 Å². The van der Waals surface area contributed by atoms with Crippen LogP contribution in [0.4, 0.5) is 0 Å². The first kappa shape index (κ1) is 14.8. The lowest BCUT2D eigenvalue weighted by molar-refractivity contribution is 0.0513. The highest BCUT2D eigenvalue weighted by atomic mass is 16.5. The molecule has 0 aliphatic rings. The Morgan fingerprint density at radius 3 is 2.60 bits per heavy atom. The van der Waals surface area contributed by atoms with Crippen molar-refractivity contribution >= 4 is 0 Å². The van der Waals surface area contributed by atoms with E-state index in [1.165, 1.54) is 0 Å². The van der Waals surface area contributed by atoms with Gasteiger partial charge in [0.25, 0.3) is 0 Å². The average molecular weight is 218 g/mol. The predicted molar refractivity (Wildman–Crippen MR) is 62.9 cm³/mol. The second-order valence-corrected chi connectivity index (χ2v) is 4.59. The Morgan fingerprint density at radius 2 is 2.13 bits per heavy atom. The third-order valence-electron chi connectivity index (χ3n) is 2.83. The summed E-state index contributed by atoms with van der Waals surface area (Å²) in [4.78, 5) is 2.23. The number of ether oxygens (including phenoxy) is 1. The molecule has 0 saturated heterocycles.